The summed E-state index contributed by atoms with van der Waals surface area (Å²) in [5, 5.41) is 10.9. The molecule has 0 spiro atoms. The van der Waals surface area contributed by atoms with Crippen LogP contribution < -0.4 is 15.8 Å². The molecule has 0 saturated carbocycles. The molecule has 9 heteroatoms. The fourth-order valence-corrected chi connectivity index (χ4v) is 2.87. The maximum Gasteiger partial charge on any atom is 0.292 e. The third kappa shape index (κ3) is 5.16. The molecule has 140 valence electrons. The molecule has 0 atom stereocenters. The Balaban J connectivity index is 1.49. The maximum atomic E-state index is 11.9. The number of benzene rings is 1. The molecule has 2 aromatic heterocycles. The Kier molecular flexibility index (Phi) is 5.53. The van der Waals surface area contributed by atoms with Crippen LogP contribution in [-0.2, 0) is 16.4 Å². The summed E-state index contributed by atoms with van der Waals surface area (Å²) in [4.78, 5) is 16.1. The third-order valence-corrected chi connectivity index (χ3v) is 4.67. The van der Waals surface area contributed by atoms with Gasteiger partial charge in [-0.2, -0.15) is 0 Å². The summed E-state index contributed by atoms with van der Waals surface area (Å²) >= 11 is 0. The van der Waals surface area contributed by atoms with E-state index in [4.69, 9.17) is 9.56 Å². The van der Waals surface area contributed by atoms with E-state index in [-0.39, 0.29) is 16.6 Å². The Morgan fingerprint density at radius 2 is 1.89 bits per heavy atom. The van der Waals surface area contributed by atoms with Crippen LogP contribution in [0.25, 0.3) is 0 Å². The van der Waals surface area contributed by atoms with E-state index in [1.807, 2.05) is 0 Å². The zero-order valence-corrected chi connectivity index (χ0v) is 15.1. The second-order valence-corrected chi connectivity index (χ2v) is 7.29. The van der Waals surface area contributed by atoms with Crippen molar-refractivity contribution in [2.75, 3.05) is 17.2 Å². The van der Waals surface area contributed by atoms with Gasteiger partial charge >= 0.3 is 0 Å². The molecular formula is C18H18N4O4S. The molecule has 8 nitrogen and oxygen atoms in total. The van der Waals surface area contributed by atoms with Crippen LogP contribution in [0.2, 0.25) is 0 Å². The van der Waals surface area contributed by atoms with Gasteiger partial charge in [-0.05, 0) is 48.4 Å². The molecule has 0 aliphatic carbocycles. The van der Waals surface area contributed by atoms with Crippen LogP contribution in [0.15, 0.2) is 70.3 Å². The van der Waals surface area contributed by atoms with Crippen LogP contribution in [-0.4, -0.2) is 25.9 Å². The van der Waals surface area contributed by atoms with Crippen molar-refractivity contribution in [3.05, 3.63) is 72.3 Å². The van der Waals surface area contributed by atoms with E-state index in [1.54, 1.807) is 42.6 Å². The first-order valence-electron chi connectivity index (χ1n) is 8.08. The van der Waals surface area contributed by atoms with Gasteiger partial charge in [-0.1, -0.05) is 12.1 Å². The number of primary sulfonamides is 1. The monoisotopic (exact) mass is 386 g/mol. The lowest BCUT2D eigenvalue weighted by Gasteiger charge is -2.08. The van der Waals surface area contributed by atoms with Gasteiger partial charge < -0.3 is 15.1 Å². The van der Waals surface area contributed by atoms with Crippen LogP contribution >= 0.6 is 0 Å². The molecule has 1 aromatic carbocycles. The minimum Gasteiger partial charge on any atom is -0.459 e. The number of nitrogens with zero attached hydrogens (tertiary/aromatic N) is 1. The largest absolute Gasteiger partial charge is 0.459 e. The normalized spacial score (nSPS) is 11.1. The molecule has 0 saturated heterocycles. The molecule has 0 unspecified atom stereocenters. The van der Waals surface area contributed by atoms with E-state index in [0.29, 0.717) is 18.8 Å². The average Bonchev–Trinajstić information content (AvgIpc) is 3.18. The number of aromatic nitrogens is 1. The van der Waals surface area contributed by atoms with Crippen LogP contribution in [0.4, 0.5) is 11.5 Å². The highest BCUT2D eigenvalue weighted by atomic mass is 32.2. The first-order chi connectivity index (χ1) is 12.9. The topological polar surface area (TPSA) is 127 Å². The molecule has 0 fully saturated rings. The van der Waals surface area contributed by atoms with Crippen molar-refractivity contribution >= 4 is 27.4 Å². The number of nitrogens with one attached hydrogen (secondary N) is 2. The molecule has 2 heterocycles. The summed E-state index contributed by atoms with van der Waals surface area (Å²) in [5.74, 6) is 0.268. The summed E-state index contributed by atoms with van der Waals surface area (Å²) in [6.07, 6.45) is 3.74. The SMILES string of the molecule is NS(=O)(=O)c1ccc(CCNc2ccc(NC(=O)c3ccco3)nc2)cc1. The van der Waals surface area contributed by atoms with Crippen molar-refractivity contribution in [3.8, 4) is 0 Å². The van der Waals surface area contributed by atoms with Crippen molar-refractivity contribution in [1.82, 2.24) is 4.98 Å². The van der Waals surface area contributed by atoms with Crippen LogP contribution in [0.3, 0.4) is 0 Å². The number of sulfonamides is 1. The quantitative estimate of drug-likeness (QED) is 0.571. The van der Waals surface area contributed by atoms with Crippen LogP contribution in [0.5, 0.6) is 0 Å². The lowest BCUT2D eigenvalue weighted by atomic mass is 10.1. The van der Waals surface area contributed by atoms with Crippen LogP contribution in [0.1, 0.15) is 16.1 Å². The zero-order valence-electron chi connectivity index (χ0n) is 14.3. The van der Waals surface area contributed by atoms with Gasteiger partial charge in [0.25, 0.3) is 5.91 Å². The highest BCUT2D eigenvalue weighted by Crippen LogP contribution is 2.13. The number of carbonyl (C=O) groups excluding carboxylic acids is 1. The minimum absolute atomic E-state index is 0.0931. The van der Waals surface area contributed by atoms with Crippen molar-refractivity contribution in [2.45, 2.75) is 11.3 Å². The highest BCUT2D eigenvalue weighted by Gasteiger charge is 2.09. The summed E-state index contributed by atoms with van der Waals surface area (Å²) < 4.78 is 27.5. The number of pyridine rings is 1. The van der Waals surface area contributed by atoms with Gasteiger partial charge in [0.1, 0.15) is 5.82 Å². The highest BCUT2D eigenvalue weighted by molar-refractivity contribution is 7.89. The fraction of sp³-hybridized carbons (Fsp3) is 0.111. The molecule has 0 aliphatic rings. The van der Waals surface area contributed by atoms with Gasteiger partial charge in [-0.3, -0.25) is 4.79 Å². The van der Waals surface area contributed by atoms with E-state index in [1.165, 1.54) is 18.4 Å². The maximum absolute atomic E-state index is 11.9. The predicted octanol–water partition coefficient (Wildman–Crippen LogP) is 2.23. The first-order valence-corrected chi connectivity index (χ1v) is 9.63. The number of anilines is 2. The Bertz CT molecular complexity index is 999. The van der Waals surface area contributed by atoms with E-state index < -0.39 is 10.0 Å². The summed E-state index contributed by atoms with van der Waals surface area (Å²) in [6, 6.07) is 13.1. The first kappa shape index (κ1) is 18.6. The van der Waals surface area contributed by atoms with E-state index in [9.17, 15) is 13.2 Å². The van der Waals surface area contributed by atoms with Crippen molar-refractivity contribution < 1.29 is 17.6 Å². The molecule has 0 radical (unpaired) electrons. The van der Waals surface area contributed by atoms with Gasteiger partial charge in [-0.25, -0.2) is 18.5 Å². The number of nitrogens with two attached hydrogens (primary N) is 1. The summed E-state index contributed by atoms with van der Waals surface area (Å²) in [6.45, 7) is 0.633. The van der Waals surface area contributed by atoms with Crippen molar-refractivity contribution in [2.24, 2.45) is 5.14 Å². The lowest BCUT2D eigenvalue weighted by molar-refractivity contribution is 0.0996. The third-order valence-electron chi connectivity index (χ3n) is 3.74. The van der Waals surface area contributed by atoms with Gasteiger partial charge in [0, 0.05) is 6.54 Å². The Morgan fingerprint density at radius 3 is 2.48 bits per heavy atom. The molecule has 4 N–H and O–H groups in total. The smallest absolute Gasteiger partial charge is 0.292 e. The van der Waals surface area contributed by atoms with E-state index in [0.717, 1.165) is 11.3 Å². The number of carbonyl (C=O) groups is 1. The van der Waals surface area contributed by atoms with Gasteiger partial charge in [0.05, 0.1) is 23.0 Å². The van der Waals surface area contributed by atoms with Gasteiger partial charge in [-0.15, -0.1) is 0 Å². The van der Waals surface area contributed by atoms with Gasteiger partial charge in [0.15, 0.2) is 5.76 Å². The van der Waals surface area contributed by atoms with Crippen LogP contribution in [0, 0.1) is 0 Å². The Morgan fingerprint density at radius 1 is 1.11 bits per heavy atom. The zero-order chi connectivity index (χ0) is 19.3. The summed E-state index contributed by atoms with van der Waals surface area (Å²) in [5.41, 5.74) is 1.78. The number of amides is 1. The number of hydrogen-bond acceptors (Lipinski definition) is 6. The Hall–Kier alpha value is -3.17. The molecule has 27 heavy (non-hydrogen) atoms. The standard InChI is InChI=1S/C18H18N4O4S/c19-27(24,25)15-6-3-13(4-7-15)9-10-20-14-5-8-17(21-12-14)22-18(23)16-2-1-11-26-16/h1-8,11-12,20H,9-10H2,(H2,19,24,25)(H,21,22,23). The number of hydrogen-bond donors (Lipinski definition) is 3. The van der Waals surface area contributed by atoms with Gasteiger partial charge in [0.2, 0.25) is 10.0 Å². The molecule has 1 amide bonds. The fourth-order valence-electron chi connectivity index (χ4n) is 2.36. The molecule has 3 rings (SSSR count). The minimum atomic E-state index is -3.67. The molecule has 0 bridgehead atoms. The second-order valence-electron chi connectivity index (χ2n) is 5.73. The second kappa shape index (κ2) is 8.02. The molecule has 3 aromatic rings. The predicted molar refractivity (Wildman–Crippen MR) is 101 cm³/mol. The van der Waals surface area contributed by atoms with Crippen molar-refractivity contribution in [3.63, 3.8) is 0 Å². The van der Waals surface area contributed by atoms with Crippen molar-refractivity contribution in [1.29, 1.82) is 0 Å². The number of rotatable bonds is 7. The summed E-state index contributed by atoms with van der Waals surface area (Å²) in [7, 11) is -3.67. The Labute approximate surface area is 156 Å². The van der Waals surface area contributed by atoms with E-state index in [2.05, 4.69) is 15.6 Å². The molecular weight excluding hydrogens is 368 g/mol. The lowest BCUT2D eigenvalue weighted by Crippen LogP contribution is -2.12. The van der Waals surface area contributed by atoms with E-state index >= 15 is 0 Å². The average molecular weight is 386 g/mol. The number of furan rings is 1. The molecule has 0 aliphatic heterocycles.